The number of halogens is 2. The first kappa shape index (κ1) is 24.0. The molecule has 0 saturated carbocycles. The van der Waals surface area contributed by atoms with Crippen molar-refractivity contribution in [3.05, 3.63) is 98.3 Å². The van der Waals surface area contributed by atoms with E-state index < -0.39 is 0 Å². The van der Waals surface area contributed by atoms with Crippen molar-refractivity contribution >= 4 is 57.5 Å². The maximum atomic E-state index is 13.3. The standard InChI is InChI=1S/C25H20Cl2N4O2S/c1-15-7-3-6-10-22(15)31-24(33)18-8-4-5-9-21(18)28-25(31)34-14-23(32)30-29-16(2)17-11-12-19(26)20(27)13-17/h3-13H,14H2,1-2H3,(H,30,32)/b29-16-. The van der Waals surface area contributed by atoms with Crippen LogP contribution in [0.5, 0.6) is 0 Å². The van der Waals surface area contributed by atoms with Crippen molar-refractivity contribution in [3.8, 4) is 5.69 Å². The number of hydrogen-bond donors (Lipinski definition) is 1. The van der Waals surface area contributed by atoms with Gasteiger partial charge in [-0.05, 0) is 55.3 Å². The number of hydrogen-bond acceptors (Lipinski definition) is 5. The summed E-state index contributed by atoms with van der Waals surface area (Å²) >= 11 is 13.2. The molecule has 0 fully saturated rings. The Bertz CT molecular complexity index is 1480. The fraction of sp³-hybridized carbons (Fsp3) is 0.120. The monoisotopic (exact) mass is 510 g/mol. The van der Waals surface area contributed by atoms with Gasteiger partial charge in [-0.3, -0.25) is 14.2 Å². The van der Waals surface area contributed by atoms with Crippen LogP contribution >= 0.6 is 35.0 Å². The highest BCUT2D eigenvalue weighted by molar-refractivity contribution is 7.99. The molecule has 4 rings (SSSR count). The summed E-state index contributed by atoms with van der Waals surface area (Å²) in [7, 11) is 0. The van der Waals surface area contributed by atoms with Crippen molar-refractivity contribution in [3.63, 3.8) is 0 Å². The number of rotatable bonds is 6. The molecule has 0 saturated heterocycles. The number of aryl methyl sites for hydroxylation is 1. The summed E-state index contributed by atoms with van der Waals surface area (Å²) < 4.78 is 1.56. The summed E-state index contributed by atoms with van der Waals surface area (Å²) in [5, 5.41) is 5.95. The molecule has 1 aromatic heterocycles. The zero-order chi connectivity index (χ0) is 24.2. The van der Waals surface area contributed by atoms with Crippen LogP contribution in [0.4, 0.5) is 0 Å². The summed E-state index contributed by atoms with van der Waals surface area (Å²) in [6.07, 6.45) is 0. The molecule has 9 heteroatoms. The smallest absolute Gasteiger partial charge is 0.266 e. The van der Waals surface area contributed by atoms with Gasteiger partial charge in [-0.15, -0.1) is 0 Å². The number of amides is 1. The summed E-state index contributed by atoms with van der Waals surface area (Å²) in [6, 6.07) is 19.9. The van der Waals surface area contributed by atoms with Gasteiger partial charge in [0.1, 0.15) is 0 Å². The molecule has 0 spiro atoms. The molecular weight excluding hydrogens is 491 g/mol. The van der Waals surface area contributed by atoms with Gasteiger partial charge in [0.05, 0.1) is 38.1 Å². The molecule has 1 heterocycles. The van der Waals surface area contributed by atoms with Crippen molar-refractivity contribution < 1.29 is 4.79 Å². The molecule has 0 aliphatic rings. The number of carbonyl (C=O) groups is 1. The topological polar surface area (TPSA) is 76.3 Å². The second kappa shape index (κ2) is 10.4. The van der Waals surface area contributed by atoms with Crippen molar-refractivity contribution in [2.45, 2.75) is 19.0 Å². The zero-order valence-corrected chi connectivity index (χ0v) is 20.7. The quantitative estimate of drug-likeness (QED) is 0.158. The van der Waals surface area contributed by atoms with Crippen LogP contribution in [0, 0.1) is 6.92 Å². The van der Waals surface area contributed by atoms with Crippen LogP contribution in [0.1, 0.15) is 18.1 Å². The van der Waals surface area contributed by atoms with Gasteiger partial charge in [0.2, 0.25) is 0 Å². The van der Waals surface area contributed by atoms with Crippen LogP contribution in [-0.4, -0.2) is 26.9 Å². The van der Waals surface area contributed by atoms with Crippen LogP contribution < -0.4 is 11.0 Å². The van der Waals surface area contributed by atoms with Gasteiger partial charge >= 0.3 is 0 Å². The number of aromatic nitrogens is 2. The second-order valence-corrected chi connectivity index (χ2v) is 9.25. The number of nitrogens with zero attached hydrogens (tertiary/aromatic N) is 3. The third-order valence-corrected chi connectivity index (χ3v) is 6.80. The van der Waals surface area contributed by atoms with Crippen molar-refractivity contribution in [1.29, 1.82) is 0 Å². The van der Waals surface area contributed by atoms with Crippen LogP contribution in [0.15, 0.2) is 81.8 Å². The number of carbonyl (C=O) groups excluding carboxylic acids is 1. The van der Waals surface area contributed by atoms with Gasteiger partial charge < -0.3 is 0 Å². The van der Waals surface area contributed by atoms with E-state index in [1.54, 1.807) is 41.8 Å². The molecule has 3 aromatic carbocycles. The molecule has 0 radical (unpaired) electrons. The molecule has 1 N–H and O–H groups in total. The van der Waals surface area contributed by atoms with Gasteiger partial charge in [0.25, 0.3) is 11.5 Å². The fourth-order valence-electron chi connectivity index (χ4n) is 3.33. The fourth-order valence-corrected chi connectivity index (χ4v) is 4.43. The average Bonchev–Trinajstić information content (AvgIpc) is 2.84. The Balaban J connectivity index is 1.59. The van der Waals surface area contributed by atoms with Gasteiger partial charge in [-0.25, -0.2) is 10.4 Å². The number of thioether (sulfide) groups is 1. The van der Waals surface area contributed by atoms with E-state index in [9.17, 15) is 9.59 Å². The van der Waals surface area contributed by atoms with Crippen molar-refractivity contribution in [2.24, 2.45) is 5.10 Å². The zero-order valence-electron chi connectivity index (χ0n) is 18.4. The third kappa shape index (κ3) is 5.17. The summed E-state index contributed by atoms with van der Waals surface area (Å²) in [4.78, 5) is 30.5. The number of benzene rings is 3. The largest absolute Gasteiger partial charge is 0.272 e. The first-order chi connectivity index (χ1) is 16.3. The highest BCUT2D eigenvalue weighted by atomic mass is 35.5. The summed E-state index contributed by atoms with van der Waals surface area (Å²) in [5.41, 5.74) is 5.91. The van der Waals surface area contributed by atoms with Crippen LogP contribution in [0.3, 0.4) is 0 Å². The number of fused-ring (bicyclic) bond motifs is 1. The molecule has 1 amide bonds. The molecule has 4 aromatic rings. The third-order valence-electron chi connectivity index (χ3n) is 5.12. The Morgan fingerprint density at radius 1 is 1.06 bits per heavy atom. The minimum absolute atomic E-state index is 0.0226. The predicted octanol–water partition coefficient (Wildman–Crippen LogP) is 5.63. The number of hydrazone groups is 1. The molecule has 34 heavy (non-hydrogen) atoms. The van der Waals surface area contributed by atoms with Gasteiger partial charge in [-0.2, -0.15) is 5.10 Å². The average molecular weight is 511 g/mol. The Morgan fingerprint density at radius 2 is 1.79 bits per heavy atom. The van der Waals surface area contributed by atoms with Crippen molar-refractivity contribution in [1.82, 2.24) is 15.0 Å². The minimum atomic E-state index is -0.330. The highest BCUT2D eigenvalue weighted by Gasteiger charge is 2.16. The van der Waals surface area contributed by atoms with E-state index in [1.165, 1.54) is 11.8 Å². The lowest BCUT2D eigenvalue weighted by Gasteiger charge is -2.14. The molecule has 0 aliphatic heterocycles. The lowest BCUT2D eigenvalue weighted by Crippen LogP contribution is -2.25. The van der Waals surface area contributed by atoms with E-state index in [1.807, 2.05) is 43.3 Å². The predicted molar refractivity (Wildman–Crippen MR) is 140 cm³/mol. The highest BCUT2D eigenvalue weighted by Crippen LogP contribution is 2.24. The van der Waals surface area contributed by atoms with Crippen LogP contribution in [0.2, 0.25) is 10.0 Å². The first-order valence-electron chi connectivity index (χ1n) is 10.3. The lowest BCUT2D eigenvalue weighted by molar-refractivity contribution is -0.118. The second-order valence-electron chi connectivity index (χ2n) is 7.49. The van der Waals surface area contributed by atoms with Crippen LogP contribution in [-0.2, 0) is 4.79 Å². The molecule has 6 nitrogen and oxygen atoms in total. The first-order valence-corrected chi connectivity index (χ1v) is 12.1. The molecule has 0 aliphatic carbocycles. The van der Waals surface area contributed by atoms with E-state index in [0.29, 0.717) is 31.8 Å². The Kier molecular flexibility index (Phi) is 7.36. The molecule has 0 unspecified atom stereocenters. The van der Waals surface area contributed by atoms with E-state index in [0.717, 1.165) is 16.8 Å². The van der Waals surface area contributed by atoms with E-state index in [4.69, 9.17) is 23.2 Å². The maximum Gasteiger partial charge on any atom is 0.266 e. The molecule has 0 bridgehead atoms. The minimum Gasteiger partial charge on any atom is -0.272 e. The van der Waals surface area contributed by atoms with Gasteiger partial charge in [0.15, 0.2) is 5.16 Å². The van der Waals surface area contributed by atoms with Crippen molar-refractivity contribution in [2.75, 3.05) is 5.75 Å². The van der Waals surface area contributed by atoms with E-state index in [-0.39, 0.29) is 17.2 Å². The lowest BCUT2D eigenvalue weighted by atomic mass is 10.1. The summed E-state index contributed by atoms with van der Waals surface area (Å²) in [5.74, 6) is -0.308. The maximum absolute atomic E-state index is 13.3. The van der Waals surface area contributed by atoms with E-state index in [2.05, 4.69) is 15.5 Å². The van der Waals surface area contributed by atoms with Gasteiger partial charge in [0, 0.05) is 0 Å². The molecule has 172 valence electrons. The Morgan fingerprint density at radius 3 is 2.56 bits per heavy atom. The number of nitrogens with one attached hydrogen (secondary N) is 1. The molecular formula is C25H20Cl2N4O2S. The van der Waals surface area contributed by atoms with E-state index >= 15 is 0 Å². The number of para-hydroxylation sites is 2. The van der Waals surface area contributed by atoms with Gasteiger partial charge in [-0.1, -0.05) is 71.4 Å². The SMILES string of the molecule is C/C(=N/NC(=O)CSc1nc2ccccc2c(=O)n1-c1ccccc1C)c1ccc(Cl)c(Cl)c1. The summed E-state index contributed by atoms with van der Waals surface area (Å²) in [6.45, 7) is 3.69. The Hall–Kier alpha value is -3.13. The molecule has 0 atom stereocenters. The van der Waals surface area contributed by atoms with Crippen LogP contribution in [0.25, 0.3) is 16.6 Å². The Labute approximate surface area is 210 Å². The normalized spacial score (nSPS) is 11.6.